The topological polar surface area (TPSA) is 47.7 Å². The predicted molar refractivity (Wildman–Crippen MR) is 76.0 cm³/mol. The first-order valence-corrected chi connectivity index (χ1v) is 6.83. The fraction of sp³-hybridized carbons (Fsp3) is 0.600. The first-order valence-electron chi connectivity index (χ1n) is 6.83. The van der Waals surface area contributed by atoms with Gasteiger partial charge in [0, 0.05) is 39.9 Å². The van der Waals surface area contributed by atoms with E-state index in [2.05, 4.69) is 17.0 Å². The first-order chi connectivity index (χ1) is 9.24. The Kier molecular flexibility index (Phi) is 5.34. The molecule has 2 N–H and O–H groups in total. The molecule has 4 nitrogen and oxygen atoms in total. The van der Waals surface area contributed by atoms with Crippen LogP contribution in [0, 0.1) is 0 Å². The van der Waals surface area contributed by atoms with E-state index in [1.165, 1.54) is 5.56 Å². The molecule has 0 radical (unpaired) electrons. The van der Waals surface area contributed by atoms with Gasteiger partial charge in [0.05, 0.1) is 12.2 Å². The van der Waals surface area contributed by atoms with Gasteiger partial charge in [-0.05, 0) is 12.0 Å². The summed E-state index contributed by atoms with van der Waals surface area (Å²) in [6.45, 7) is 2.84. The quantitative estimate of drug-likeness (QED) is 0.844. The first kappa shape index (κ1) is 14.5. The van der Waals surface area contributed by atoms with Gasteiger partial charge in [-0.1, -0.05) is 30.3 Å². The maximum absolute atomic E-state index is 6.22. The number of ether oxygens (including phenoxy) is 2. The fourth-order valence-electron chi connectivity index (χ4n) is 2.64. The van der Waals surface area contributed by atoms with Crippen LogP contribution in [0.5, 0.6) is 0 Å². The number of nitrogens with zero attached hydrogens (tertiary/aromatic N) is 1. The van der Waals surface area contributed by atoms with Crippen LogP contribution in [0.15, 0.2) is 30.3 Å². The van der Waals surface area contributed by atoms with Crippen LogP contribution in [0.4, 0.5) is 0 Å². The second kappa shape index (κ2) is 7.01. The molecule has 0 aliphatic carbocycles. The zero-order valence-corrected chi connectivity index (χ0v) is 11.8. The van der Waals surface area contributed by atoms with Crippen LogP contribution in [-0.2, 0) is 9.47 Å². The molecule has 1 aromatic carbocycles. The second-order valence-corrected chi connectivity index (χ2v) is 5.11. The molecule has 0 aromatic heterocycles. The van der Waals surface area contributed by atoms with Crippen molar-refractivity contribution in [3.8, 4) is 0 Å². The molecule has 2 rings (SSSR count). The largest absolute Gasteiger partial charge is 0.377 e. The molecule has 106 valence electrons. The van der Waals surface area contributed by atoms with Crippen LogP contribution >= 0.6 is 0 Å². The van der Waals surface area contributed by atoms with E-state index in [9.17, 15) is 0 Å². The van der Waals surface area contributed by atoms with Crippen molar-refractivity contribution in [2.45, 2.75) is 24.7 Å². The van der Waals surface area contributed by atoms with E-state index in [1.54, 1.807) is 14.2 Å². The van der Waals surface area contributed by atoms with Crippen LogP contribution in [-0.4, -0.2) is 51.0 Å². The lowest BCUT2D eigenvalue weighted by atomic mass is 10.0. The van der Waals surface area contributed by atoms with Crippen molar-refractivity contribution in [2.24, 2.45) is 5.73 Å². The Morgan fingerprint density at radius 3 is 2.26 bits per heavy atom. The number of benzene rings is 1. The van der Waals surface area contributed by atoms with Gasteiger partial charge >= 0.3 is 0 Å². The third kappa shape index (κ3) is 3.76. The lowest BCUT2D eigenvalue weighted by molar-refractivity contribution is -0.00461. The zero-order valence-electron chi connectivity index (χ0n) is 11.8. The molecule has 1 aliphatic rings. The summed E-state index contributed by atoms with van der Waals surface area (Å²) in [5.74, 6) is 0. The third-order valence-electron chi connectivity index (χ3n) is 3.88. The van der Waals surface area contributed by atoms with Crippen molar-refractivity contribution >= 4 is 0 Å². The lowest BCUT2D eigenvalue weighted by Gasteiger charge is -2.18. The molecule has 1 aromatic rings. The average Bonchev–Trinajstić information content (AvgIpc) is 2.88. The molecule has 4 heteroatoms. The summed E-state index contributed by atoms with van der Waals surface area (Å²) < 4.78 is 10.9. The van der Waals surface area contributed by atoms with E-state index < -0.39 is 0 Å². The van der Waals surface area contributed by atoms with E-state index in [0.717, 1.165) is 26.1 Å². The third-order valence-corrected chi connectivity index (χ3v) is 3.88. The van der Waals surface area contributed by atoms with Crippen molar-refractivity contribution in [3.05, 3.63) is 35.9 Å². The molecule has 0 bridgehead atoms. The van der Waals surface area contributed by atoms with Gasteiger partial charge in [-0.15, -0.1) is 0 Å². The summed E-state index contributed by atoms with van der Waals surface area (Å²) in [4.78, 5) is 2.37. The highest BCUT2D eigenvalue weighted by atomic mass is 16.5. The Morgan fingerprint density at radius 2 is 1.74 bits per heavy atom. The van der Waals surface area contributed by atoms with Crippen LogP contribution in [0.1, 0.15) is 18.0 Å². The molecule has 0 saturated carbocycles. The summed E-state index contributed by atoms with van der Waals surface area (Å²) in [5.41, 5.74) is 7.42. The van der Waals surface area contributed by atoms with Gasteiger partial charge in [-0.25, -0.2) is 0 Å². The number of hydrogen-bond donors (Lipinski definition) is 1. The minimum absolute atomic E-state index is 0.101. The highest BCUT2D eigenvalue weighted by Crippen LogP contribution is 2.19. The molecule has 1 aliphatic heterocycles. The smallest absolute Gasteiger partial charge is 0.0971 e. The Labute approximate surface area is 115 Å². The highest BCUT2D eigenvalue weighted by molar-refractivity contribution is 5.18. The standard InChI is InChI=1S/C15H24N2O2/c1-18-14-10-17(11-15(14)19-2)9-8-13(16)12-6-4-3-5-7-12/h3-7,13-15H,8-11,16H2,1-2H3. The number of likely N-dealkylation sites (tertiary alicyclic amines) is 1. The molecule has 3 unspecified atom stereocenters. The number of methoxy groups -OCH3 is 2. The van der Waals surface area contributed by atoms with Crippen molar-refractivity contribution in [1.82, 2.24) is 4.90 Å². The Balaban J connectivity index is 1.80. The van der Waals surface area contributed by atoms with E-state index in [-0.39, 0.29) is 18.2 Å². The molecular formula is C15H24N2O2. The van der Waals surface area contributed by atoms with Crippen LogP contribution in [0.3, 0.4) is 0 Å². The maximum Gasteiger partial charge on any atom is 0.0971 e. The number of hydrogen-bond acceptors (Lipinski definition) is 4. The minimum Gasteiger partial charge on any atom is -0.377 e. The Bertz CT molecular complexity index is 360. The molecule has 0 spiro atoms. The molecule has 1 fully saturated rings. The average molecular weight is 264 g/mol. The molecule has 3 atom stereocenters. The summed E-state index contributed by atoms with van der Waals surface area (Å²) in [6, 6.07) is 10.4. The van der Waals surface area contributed by atoms with Gasteiger partial charge in [-0.3, -0.25) is 4.90 Å². The maximum atomic E-state index is 6.22. The van der Waals surface area contributed by atoms with Crippen molar-refractivity contribution in [3.63, 3.8) is 0 Å². The van der Waals surface area contributed by atoms with Gasteiger partial charge in [-0.2, -0.15) is 0 Å². The lowest BCUT2D eigenvalue weighted by Crippen LogP contribution is -2.27. The molecule has 19 heavy (non-hydrogen) atoms. The summed E-state index contributed by atoms with van der Waals surface area (Å²) in [7, 11) is 3.49. The van der Waals surface area contributed by atoms with Crippen molar-refractivity contribution in [1.29, 1.82) is 0 Å². The molecular weight excluding hydrogens is 240 g/mol. The van der Waals surface area contributed by atoms with E-state index >= 15 is 0 Å². The van der Waals surface area contributed by atoms with Gasteiger partial charge in [0.25, 0.3) is 0 Å². The molecule has 0 amide bonds. The monoisotopic (exact) mass is 264 g/mol. The molecule has 1 heterocycles. The normalized spacial score (nSPS) is 25.6. The van der Waals surface area contributed by atoms with E-state index in [0.29, 0.717) is 0 Å². The van der Waals surface area contributed by atoms with Crippen molar-refractivity contribution < 1.29 is 9.47 Å². The van der Waals surface area contributed by atoms with Gasteiger partial charge in [0.2, 0.25) is 0 Å². The zero-order chi connectivity index (χ0) is 13.7. The van der Waals surface area contributed by atoms with Crippen LogP contribution in [0.2, 0.25) is 0 Å². The van der Waals surface area contributed by atoms with Gasteiger partial charge in [0.1, 0.15) is 0 Å². The summed E-state index contributed by atoms with van der Waals surface area (Å²) >= 11 is 0. The minimum atomic E-state index is 0.101. The Hall–Kier alpha value is -0.940. The SMILES string of the molecule is COC1CN(CCC(N)c2ccccc2)CC1OC. The molecule has 1 saturated heterocycles. The fourth-order valence-corrected chi connectivity index (χ4v) is 2.64. The summed E-state index contributed by atoms with van der Waals surface area (Å²) in [6.07, 6.45) is 1.31. The van der Waals surface area contributed by atoms with Crippen LogP contribution in [0.25, 0.3) is 0 Å². The van der Waals surface area contributed by atoms with Crippen LogP contribution < -0.4 is 5.73 Å². The highest BCUT2D eigenvalue weighted by Gasteiger charge is 2.32. The Morgan fingerprint density at radius 1 is 1.16 bits per heavy atom. The van der Waals surface area contributed by atoms with E-state index in [4.69, 9.17) is 15.2 Å². The number of rotatable bonds is 6. The predicted octanol–water partition coefficient (Wildman–Crippen LogP) is 1.42. The van der Waals surface area contributed by atoms with E-state index in [1.807, 2.05) is 18.2 Å². The van der Waals surface area contributed by atoms with Gasteiger partial charge < -0.3 is 15.2 Å². The van der Waals surface area contributed by atoms with Gasteiger partial charge in [0.15, 0.2) is 0 Å². The number of nitrogens with two attached hydrogens (primary N) is 1. The second-order valence-electron chi connectivity index (χ2n) is 5.11. The summed E-state index contributed by atoms with van der Waals surface area (Å²) in [5, 5.41) is 0. The van der Waals surface area contributed by atoms with Crippen molar-refractivity contribution in [2.75, 3.05) is 33.9 Å².